The molecule has 106 valence electrons. The second-order valence-electron chi connectivity index (χ2n) is 4.40. The van der Waals surface area contributed by atoms with E-state index < -0.39 is 5.97 Å². The number of rotatable bonds is 6. The number of aromatic nitrogens is 1. The summed E-state index contributed by atoms with van der Waals surface area (Å²) in [6.45, 7) is 1.86. The monoisotopic (exact) mass is 292 g/mol. The third kappa shape index (κ3) is 3.27. The maximum Gasteiger partial charge on any atom is 0.305 e. The van der Waals surface area contributed by atoms with Crippen molar-refractivity contribution in [2.24, 2.45) is 0 Å². The Balaban J connectivity index is 2.14. The van der Waals surface area contributed by atoms with Crippen LogP contribution >= 0.6 is 11.3 Å². The molecule has 0 aliphatic carbocycles. The van der Waals surface area contributed by atoms with Crippen molar-refractivity contribution in [3.8, 4) is 5.69 Å². The van der Waals surface area contributed by atoms with Gasteiger partial charge in [0.1, 0.15) is 4.88 Å². The molecule has 0 bridgehead atoms. The van der Waals surface area contributed by atoms with Crippen LogP contribution in [0.15, 0.2) is 36.0 Å². The second kappa shape index (κ2) is 6.38. The van der Waals surface area contributed by atoms with Crippen LogP contribution in [-0.2, 0) is 4.79 Å². The summed E-state index contributed by atoms with van der Waals surface area (Å²) < 4.78 is 1.86. The molecule has 0 aliphatic rings. The van der Waals surface area contributed by atoms with Gasteiger partial charge in [0.15, 0.2) is 0 Å². The van der Waals surface area contributed by atoms with Gasteiger partial charge in [-0.1, -0.05) is 6.92 Å². The van der Waals surface area contributed by atoms with Gasteiger partial charge in [0.25, 0.3) is 5.91 Å². The molecule has 2 N–H and O–H groups in total. The molecular formula is C14H16N2O3S. The van der Waals surface area contributed by atoms with Gasteiger partial charge >= 0.3 is 5.97 Å². The SMILES string of the molecule is CCC(CC(=O)O)NC(=O)c1sccc1-n1cccc1. The molecule has 6 heteroatoms. The van der Waals surface area contributed by atoms with Crippen molar-refractivity contribution in [1.29, 1.82) is 0 Å². The Hall–Kier alpha value is -2.08. The summed E-state index contributed by atoms with van der Waals surface area (Å²) in [5, 5.41) is 13.4. The molecule has 0 saturated heterocycles. The lowest BCUT2D eigenvalue weighted by Gasteiger charge is -2.15. The second-order valence-corrected chi connectivity index (χ2v) is 5.32. The van der Waals surface area contributed by atoms with Crippen LogP contribution in [0.4, 0.5) is 0 Å². The van der Waals surface area contributed by atoms with Gasteiger partial charge in [-0.05, 0) is 30.0 Å². The van der Waals surface area contributed by atoms with Crippen LogP contribution in [0, 0.1) is 0 Å². The standard InChI is InChI=1S/C14H16N2O3S/c1-2-10(9-12(17)18)15-14(19)13-11(5-8-20-13)16-6-3-4-7-16/h3-8,10H,2,9H2,1H3,(H,15,19)(H,17,18). The van der Waals surface area contributed by atoms with Crippen molar-refractivity contribution in [1.82, 2.24) is 9.88 Å². The maximum absolute atomic E-state index is 12.3. The molecule has 20 heavy (non-hydrogen) atoms. The number of nitrogens with zero attached hydrogens (tertiary/aromatic N) is 1. The first-order chi connectivity index (χ1) is 9.61. The van der Waals surface area contributed by atoms with E-state index in [-0.39, 0.29) is 18.4 Å². The lowest BCUT2D eigenvalue weighted by atomic mass is 10.1. The van der Waals surface area contributed by atoms with Crippen molar-refractivity contribution in [2.75, 3.05) is 0 Å². The summed E-state index contributed by atoms with van der Waals surface area (Å²) in [5.74, 6) is -1.13. The lowest BCUT2D eigenvalue weighted by Crippen LogP contribution is -2.36. The zero-order chi connectivity index (χ0) is 14.5. The van der Waals surface area contributed by atoms with E-state index in [9.17, 15) is 9.59 Å². The number of hydrogen-bond acceptors (Lipinski definition) is 3. The van der Waals surface area contributed by atoms with Crippen molar-refractivity contribution < 1.29 is 14.7 Å². The summed E-state index contributed by atoms with van der Waals surface area (Å²) in [4.78, 5) is 23.6. The number of carbonyl (C=O) groups excluding carboxylic acids is 1. The average molecular weight is 292 g/mol. The number of amides is 1. The summed E-state index contributed by atoms with van der Waals surface area (Å²) in [6.07, 6.45) is 4.26. The number of aliphatic carboxylic acids is 1. The predicted octanol–water partition coefficient (Wildman–Crippen LogP) is 2.52. The van der Waals surface area contributed by atoms with Gasteiger partial charge in [0.2, 0.25) is 0 Å². The Morgan fingerprint density at radius 1 is 1.40 bits per heavy atom. The highest BCUT2D eigenvalue weighted by atomic mass is 32.1. The molecule has 0 radical (unpaired) electrons. The molecule has 1 amide bonds. The van der Waals surface area contributed by atoms with Gasteiger partial charge in [-0.3, -0.25) is 9.59 Å². The first kappa shape index (κ1) is 14.3. The van der Waals surface area contributed by atoms with Gasteiger partial charge < -0.3 is 15.0 Å². The average Bonchev–Trinajstić information content (AvgIpc) is 3.07. The number of carboxylic acid groups (broad SMARTS) is 1. The van der Waals surface area contributed by atoms with E-state index in [1.165, 1.54) is 11.3 Å². The zero-order valence-corrected chi connectivity index (χ0v) is 11.9. The minimum Gasteiger partial charge on any atom is -0.481 e. The van der Waals surface area contributed by atoms with E-state index in [1.807, 2.05) is 47.5 Å². The van der Waals surface area contributed by atoms with E-state index >= 15 is 0 Å². The number of carboxylic acids is 1. The summed E-state index contributed by atoms with van der Waals surface area (Å²) in [6, 6.07) is 5.30. The highest BCUT2D eigenvalue weighted by Crippen LogP contribution is 2.21. The van der Waals surface area contributed by atoms with E-state index in [0.717, 1.165) is 5.69 Å². The normalized spacial score (nSPS) is 12.1. The summed E-state index contributed by atoms with van der Waals surface area (Å²) in [5.41, 5.74) is 0.808. The van der Waals surface area contributed by atoms with Gasteiger partial charge in [-0.2, -0.15) is 0 Å². The van der Waals surface area contributed by atoms with Gasteiger partial charge in [0.05, 0.1) is 12.1 Å². The van der Waals surface area contributed by atoms with E-state index in [4.69, 9.17) is 5.11 Å². The Labute approximate surface area is 120 Å². The minimum absolute atomic E-state index is 0.0630. The molecule has 2 rings (SSSR count). The number of hydrogen-bond donors (Lipinski definition) is 2. The maximum atomic E-state index is 12.3. The zero-order valence-electron chi connectivity index (χ0n) is 11.1. The molecule has 0 fully saturated rings. The van der Waals surface area contributed by atoms with Crippen molar-refractivity contribution in [3.63, 3.8) is 0 Å². The molecule has 2 heterocycles. The van der Waals surface area contributed by atoms with E-state index in [2.05, 4.69) is 5.32 Å². The predicted molar refractivity (Wildman–Crippen MR) is 77.4 cm³/mol. The molecule has 2 aromatic heterocycles. The minimum atomic E-state index is -0.908. The molecule has 1 unspecified atom stereocenters. The molecule has 0 spiro atoms. The van der Waals surface area contributed by atoms with Crippen LogP contribution in [0.1, 0.15) is 29.4 Å². The molecular weight excluding hydrogens is 276 g/mol. The molecule has 0 aromatic carbocycles. The third-order valence-electron chi connectivity index (χ3n) is 2.98. The molecule has 1 atom stereocenters. The summed E-state index contributed by atoms with van der Waals surface area (Å²) in [7, 11) is 0. The van der Waals surface area contributed by atoms with Gasteiger partial charge in [-0.15, -0.1) is 11.3 Å². The van der Waals surface area contributed by atoms with E-state index in [0.29, 0.717) is 11.3 Å². The Morgan fingerprint density at radius 2 is 2.10 bits per heavy atom. The topological polar surface area (TPSA) is 71.3 Å². The van der Waals surface area contributed by atoms with Crippen LogP contribution in [-0.4, -0.2) is 27.6 Å². The van der Waals surface area contributed by atoms with Crippen molar-refractivity contribution in [3.05, 3.63) is 40.8 Å². The number of nitrogens with one attached hydrogen (secondary N) is 1. The van der Waals surface area contributed by atoms with E-state index in [1.54, 1.807) is 0 Å². The first-order valence-corrected chi connectivity index (χ1v) is 7.23. The molecule has 0 saturated carbocycles. The van der Waals surface area contributed by atoms with Crippen LogP contribution < -0.4 is 5.32 Å². The quantitative estimate of drug-likeness (QED) is 0.859. The Kier molecular flexibility index (Phi) is 4.57. The largest absolute Gasteiger partial charge is 0.481 e. The number of thiophene rings is 1. The molecule has 5 nitrogen and oxygen atoms in total. The highest BCUT2D eigenvalue weighted by Gasteiger charge is 2.19. The van der Waals surface area contributed by atoms with Gasteiger partial charge in [0, 0.05) is 18.4 Å². The highest BCUT2D eigenvalue weighted by molar-refractivity contribution is 7.12. The Bertz CT molecular complexity index is 589. The van der Waals surface area contributed by atoms with Gasteiger partial charge in [-0.25, -0.2) is 0 Å². The van der Waals surface area contributed by atoms with Crippen LogP contribution in [0.25, 0.3) is 5.69 Å². The van der Waals surface area contributed by atoms with Crippen LogP contribution in [0.5, 0.6) is 0 Å². The first-order valence-electron chi connectivity index (χ1n) is 6.35. The summed E-state index contributed by atoms with van der Waals surface area (Å²) >= 11 is 1.35. The fourth-order valence-corrected chi connectivity index (χ4v) is 2.72. The van der Waals surface area contributed by atoms with Crippen LogP contribution in [0.3, 0.4) is 0 Å². The number of carbonyl (C=O) groups is 2. The fraction of sp³-hybridized carbons (Fsp3) is 0.286. The smallest absolute Gasteiger partial charge is 0.305 e. The van der Waals surface area contributed by atoms with Crippen LogP contribution in [0.2, 0.25) is 0 Å². The lowest BCUT2D eigenvalue weighted by molar-refractivity contribution is -0.137. The third-order valence-corrected chi connectivity index (χ3v) is 3.88. The molecule has 2 aromatic rings. The molecule has 0 aliphatic heterocycles. The Morgan fingerprint density at radius 3 is 2.70 bits per heavy atom. The van der Waals surface area contributed by atoms with Crippen molar-refractivity contribution >= 4 is 23.2 Å². The van der Waals surface area contributed by atoms with Crippen molar-refractivity contribution in [2.45, 2.75) is 25.8 Å². The fourth-order valence-electron chi connectivity index (χ4n) is 1.93.